The maximum Gasteiger partial charge on any atom is 0.245 e. The van der Waals surface area contributed by atoms with Crippen molar-refractivity contribution in [1.29, 1.82) is 0 Å². The topological polar surface area (TPSA) is 20.3 Å². The second-order valence-corrected chi connectivity index (χ2v) is 5.71. The summed E-state index contributed by atoms with van der Waals surface area (Å²) in [7, 11) is 0. The van der Waals surface area contributed by atoms with E-state index >= 15 is 0 Å². The highest BCUT2D eigenvalue weighted by Gasteiger charge is 2.27. The molecule has 0 aromatic heterocycles. The van der Waals surface area contributed by atoms with Crippen LogP contribution in [0.25, 0.3) is 0 Å². The Hall–Kier alpha value is -0.540. The molecular formula is C13H15BrClNO. The minimum Gasteiger partial charge on any atom is -0.341 e. The Morgan fingerprint density at radius 1 is 1.41 bits per heavy atom. The van der Waals surface area contributed by atoms with Crippen LogP contribution in [-0.4, -0.2) is 23.9 Å². The van der Waals surface area contributed by atoms with Crippen LogP contribution in [0.4, 0.5) is 0 Å². The number of alkyl halides is 1. The average Bonchev–Trinajstić information content (AvgIpc) is 2.80. The summed E-state index contributed by atoms with van der Waals surface area (Å²) in [5, 5.41) is -0.580. The van der Waals surface area contributed by atoms with Crippen LogP contribution in [0.3, 0.4) is 0 Å². The fraction of sp³-hybridized carbons (Fsp3) is 0.462. The molecule has 0 spiro atoms. The van der Waals surface area contributed by atoms with E-state index in [0.29, 0.717) is 0 Å². The van der Waals surface area contributed by atoms with Crippen LogP contribution >= 0.6 is 27.5 Å². The van der Waals surface area contributed by atoms with E-state index in [1.165, 1.54) is 0 Å². The predicted molar refractivity (Wildman–Crippen MR) is 73.3 cm³/mol. The molecule has 0 bridgehead atoms. The minimum absolute atomic E-state index is 0.0220. The van der Waals surface area contributed by atoms with E-state index in [1.807, 2.05) is 30.0 Å². The Labute approximate surface area is 115 Å². The molecule has 1 atom stereocenters. The molecule has 1 aliphatic heterocycles. The van der Waals surface area contributed by atoms with Crippen molar-refractivity contribution in [3.63, 3.8) is 0 Å². The molecule has 92 valence electrons. The van der Waals surface area contributed by atoms with Gasteiger partial charge < -0.3 is 4.90 Å². The van der Waals surface area contributed by atoms with Crippen molar-refractivity contribution >= 4 is 33.4 Å². The van der Waals surface area contributed by atoms with Gasteiger partial charge in [-0.1, -0.05) is 28.1 Å². The number of rotatable bonds is 2. The summed E-state index contributed by atoms with van der Waals surface area (Å²) in [6, 6.07) is 5.89. The maximum atomic E-state index is 12.2. The molecule has 1 heterocycles. The summed E-state index contributed by atoms with van der Waals surface area (Å²) < 4.78 is 0.907. The monoisotopic (exact) mass is 315 g/mol. The van der Waals surface area contributed by atoms with Gasteiger partial charge in [-0.2, -0.15) is 0 Å². The van der Waals surface area contributed by atoms with Gasteiger partial charge in [-0.3, -0.25) is 4.79 Å². The van der Waals surface area contributed by atoms with E-state index in [0.717, 1.165) is 41.5 Å². The van der Waals surface area contributed by atoms with Gasteiger partial charge >= 0.3 is 0 Å². The largest absolute Gasteiger partial charge is 0.341 e. The van der Waals surface area contributed by atoms with E-state index in [4.69, 9.17) is 11.6 Å². The van der Waals surface area contributed by atoms with Gasteiger partial charge in [-0.25, -0.2) is 0 Å². The molecule has 0 saturated carbocycles. The van der Waals surface area contributed by atoms with Crippen molar-refractivity contribution in [2.75, 3.05) is 13.1 Å². The Bertz CT molecular complexity index is 429. The van der Waals surface area contributed by atoms with Crippen LogP contribution in [0, 0.1) is 6.92 Å². The Kier molecular flexibility index (Phi) is 4.10. The number of halogens is 2. The van der Waals surface area contributed by atoms with Crippen molar-refractivity contribution in [2.45, 2.75) is 25.1 Å². The molecule has 1 aromatic rings. The van der Waals surface area contributed by atoms with E-state index in [9.17, 15) is 4.79 Å². The number of hydrogen-bond acceptors (Lipinski definition) is 1. The van der Waals surface area contributed by atoms with Gasteiger partial charge in [0.05, 0.1) is 0 Å². The number of carbonyl (C=O) groups is 1. The second-order valence-electron chi connectivity index (χ2n) is 4.42. The van der Waals surface area contributed by atoms with Gasteiger partial charge in [-0.15, -0.1) is 11.6 Å². The summed E-state index contributed by atoms with van der Waals surface area (Å²) in [6.07, 6.45) is 2.18. The fourth-order valence-electron chi connectivity index (χ4n) is 2.07. The zero-order valence-electron chi connectivity index (χ0n) is 9.75. The van der Waals surface area contributed by atoms with Crippen LogP contribution in [-0.2, 0) is 4.79 Å². The summed E-state index contributed by atoms with van der Waals surface area (Å²) in [4.78, 5) is 14.0. The van der Waals surface area contributed by atoms with Gasteiger partial charge in [0.25, 0.3) is 0 Å². The third-order valence-electron chi connectivity index (χ3n) is 3.06. The molecule has 1 unspecified atom stereocenters. The standard InChI is InChI=1S/C13H15BrClNO/c1-9-4-5-10(11(14)8-9)12(15)13(17)16-6-2-3-7-16/h4-5,8,12H,2-3,6-7H2,1H3. The Balaban J connectivity index is 2.18. The first-order valence-electron chi connectivity index (χ1n) is 5.78. The summed E-state index contributed by atoms with van der Waals surface area (Å²) in [5.41, 5.74) is 2.01. The zero-order chi connectivity index (χ0) is 12.4. The average molecular weight is 317 g/mol. The highest BCUT2D eigenvalue weighted by atomic mass is 79.9. The molecule has 2 nitrogen and oxygen atoms in total. The number of carbonyl (C=O) groups excluding carboxylic acids is 1. The minimum atomic E-state index is -0.580. The van der Waals surface area contributed by atoms with Gasteiger partial charge in [0.1, 0.15) is 5.38 Å². The fourth-order valence-corrected chi connectivity index (χ4v) is 3.25. The van der Waals surface area contributed by atoms with Gasteiger partial charge in [0, 0.05) is 17.6 Å². The summed E-state index contributed by atoms with van der Waals surface area (Å²) >= 11 is 9.74. The third kappa shape index (κ3) is 2.83. The van der Waals surface area contributed by atoms with Crippen LogP contribution < -0.4 is 0 Å². The molecule has 1 saturated heterocycles. The zero-order valence-corrected chi connectivity index (χ0v) is 12.1. The number of hydrogen-bond donors (Lipinski definition) is 0. The van der Waals surface area contributed by atoms with Gasteiger partial charge in [0.15, 0.2) is 0 Å². The van der Waals surface area contributed by atoms with E-state index in [-0.39, 0.29) is 5.91 Å². The molecule has 0 radical (unpaired) electrons. The predicted octanol–water partition coefficient (Wildman–Crippen LogP) is 3.66. The van der Waals surface area contributed by atoms with Gasteiger partial charge in [0.2, 0.25) is 5.91 Å². The summed E-state index contributed by atoms with van der Waals surface area (Å²) in [6.45, 7) is 3.69. The lowest BCUT2D eigenvalue weighted by Gasteiger charge is -2.20. The summed E-state index contributed by atoms with van der Waals surface area (Å²) in [5.74, 6) is 0.0220. The van der Waals surface area contributed by atoms with E-state index < -0.39 is 5.38 Å². The Morgan fingerprint density at radius 2 is 2.06 bits per heavy atom. The molecule has 17 heavy (non-hydrogen) atoms. The van der Waals surface area contributed by atoms with Crippen molar-refractivity contribution in [2.24, 2.45) is 0 Å². The lowest BCUT2D eigenvalue weighted by molar-refractivity contribution is -0.129. The van der Waals surface area contributed by atoms with Crippen molar-refractivity contribution < 1.29 is 4.79 Å². The van der Waals surface area contributed by atoms with Crippen LogP contribution in [0.1, 0.15) is 29.3 Å². The van der Waals surface area contributed by atoms with Crippen molar-refractivity contribution in [3.8, 4) is 0 Å². The quantitative estimate of drug-likeness (QED) is 0.763. The molecule has 1 amide bonds. The molecule has 4 heteroatoms. The number of likely N-dealkylation sites (tertiary alicyclic amines) is 1. The van der Waals surface area contributed by atoms with Crippen LogP contribution in [0.15, 0.2) is 22.7 Å². The van der Waals surface area contributed by atoms with Gasteiger partial charge in [-0.05, 0) is 37.0 Å². The Morgan fingerprint density at radius 3 is 2.65 bits per heavy atom. The molecule has 0 aliphatic carbocycles. The van der Waals surface area contributed by atoms with Crippen LogP contribution in [0.5, 0.6) is 0 Å². The number of amides is 1. The number of benzene rings is 1. The first-order valence-corrected chi connectivity index (χ1v) is 7.01. The third-order valence-corrected chi connectivity index (χ3v) is 4.17. The molecule has 1 aliphatic rings. The van der Waals surface area contributed by atoms with E-state index in [1.54, 1.807) is 0 Å². The number of nitrogens with zero attached hydrogens (tertiary/aromatic N) is 1. The smallest absolute Gasteiger partial charge is 0.245 e. The maximum absolute atomic E-state index is 12.2. The molecular weight excluding hydrogens is 302 g/mol. The molecule has 1 aromatic carbocycles. The highest BCUT2D eigenvalue weighted by Crippen LogP contribution is 2.31. The molecule has 0 N–H and O–H groups in total. The first kappa shape index (κ1) is 12.9. The van der Waals surface area contributed by atoms with Crippen molar-refractivity contribution in [3.05, 3.63) is 33.8 Å². The second kappa shape index (κ2) is 5.40. The van der Waals surface area contributed by atoms with E-state index in [2.05, 4.69) is 15.9 Å². The number of aryl methyl sites for hydroxylation is 1. The SMILES string of the molecule is Cc1ccc(C(Cl)C(=O)N2CCCC2)c(Br)c1. The lowest BCUT2D eigenvalue weighted by atomic mass is 10.1. The molecule has 2 rings (SSSR count). The first-order chi connectivity index (χ1) is 8.09. The normalized spacial score (nSPS) is 17.2. The molecule has 1 fully saturated rings. The van der Waals surface area contributed by atoms with Crippen molar-refractivity contribution in [1.82, 2.24) is 4.90 Å². The highest BCUT2D eigenvalue weighted by molar-refractivity contribution is 9.10. The lowest BCUT2D eigenvalue weighted by Crippen LogP contribution is -2.30. The van der Waals surface area contributed by atoms with Crippen LogP contribution in [0.2, 0.25) is 0 Å².